The van der Waals surface area contributed by atoms with Crippen molar-refractivity contribution in [3.05, 3.63) is 0 Å². The van der Waals surface area contributed by atoms with E-state index in [0.717, 1.165) is 0 Å². The molecule has 2 aliphatic heterocycles. The van der Waals surface area contributed by atoms with Crippen molar-refractivity contribution in [2.75, 3.05) is 0 Å². The molecule has 58 valence electrons. The van der Waals surface area contributed by atoms with Crippen LogP contribution in [0, 0.1) is 0 Å². The third-order valence-corrected chi connectivity index (χ3v) is 1.34. The zero-order valence-electron chi connectivity index (χ0n) is 5.64. The maximum absolute atomic E-state index is 5.38. The van der Waals surface area contributed by atoms with E-state index in [2.05, 4.69) is 20.5 Å². The fourth-order valence-electron chi connectivity index (χ4n) is 0.859. The van der Waals surface area contributed by atoms with Crippen LogP contribution >= 0.6 is 0 Å². The van der Waals surface area contributed by atoms with E-state index in [0.29, 0.717) is 5.84 Å². The minimum Gasteiger partial charge on any atom is -0.358 e. The second-order valence-electron chi connectivity index (χ2n) is 2.12. The summed E-state index contributed by atoms with van der Waals surface area (Å²) in [5, 5.41) is 6.48. The second kappa shape index (κ2) is 2.40. The Morgan fingerprint density at radius 2 is 2.45 bits per heavy atom. The first-order chi connectivity index (χ1) is 5.36. The van der Waals surface area contributed by atoms with Gasteiger partial charge in [-0.05, 0) is 0 Å². The molecule has 0 spiro atoms. The quantitative estimate of drug-likeness (QED) is 0.451. The molecule has 0 bridgehead atoms. The maximum Gasteiger partial charge on any atom is 0.233 e. The van der Waals surface area contributed by atoms with Gasteiger partial charge in [-0.1, -0.05) is 5.16 Å². The van der Waals surface area contributed by atoms with Crippen LogP contribution in [-0.4, -0.2) is 30.8 Å². The molecular weight excluding hydrogens is 146 g/mol. The van der Waals surface area contributed by atoms with Gasteiger partial charge in [0.05, 0.1) is 0 Å². The van der Waals surface area contributed by atoms with Crippen LogP contribution in [-0.2, 0) is 4.84 Å². The highest BCUT2D eigenvalue weighted by Gasteiger charge is 2.23. The Labute approximate surface area is 62.8 Å². The summed E-state index contributed by atoms with van der Waals surface area (Å²) in [6.07, 6.45) is 2.31. The summed E-state index contributed by atoms with van der Waals surface area (Å²) in [6.45, 7) is 0. The highest BCUT2D eigenvalue weighted by Crippen LogP contribution is 2.03. The Morgan fingerprint density at radius 3 is 3.36 bits per heavy atom. The molecule has 3 N–H and O–H groups in total. The molecule has 2 rings (SSSR count). The highest BCUT2D eigenvalue weighted by molar-refractivity contribution is 6.22. The van der Waals surface area contributed by atoms with E-state index in [9.17, 15) is 0 Å². The van der Waals surface area contributed by atoms with Gasteiger partial charge in [-0.2, -0.15) is 0 Å². The van der Waals surface area contributed by atoms with Gasteiger partial charge in [0.15, 0.2) is 6.17 Å². The van der Waals surface area contributed by atoms with Gasteiger partial charge in [0.1, 0.15) is 0 Å². The molecule has 0 radical (unpaired) electrons. The third-order valence-electron chi connectivity index (χ3n) is 1.34. The Morgan fingerprint density at radius 1 is 1.55 bits per heavy atom. The molecule has 2 aliphatic rings. The summed E-state index contributed by atoms with van der Waals surface area (Å²) < 4.78 is 0. The Kier molecular flexibility index (Phi) is 1.41. The average Bonchev–Trinajstić information content (AvgIpc) is 2.04. The molecular formula is C5H7N5O. The SMILES string of the molecule is NC1NC2N=CC=NC2=NO1. The number of oxime groups is 1. The van der Waals surface area contributed by atoms with Crippen LogP contribution in [0.25, 0.3) is 0 Å². The topological polar surface area (TPSA) is 84.4 Å². The van der Waals surface area contributed by atoms with E-state index in [-0.39, 0.29) is 6.17 Å². The number of hydrogen-bond donors (Lipinski definition) is 2. The van der Waals surface area contributed by atoms with Crippen molar-refractivity contribution in [1.29, 1.82) is 0 Å². The molecule has 6 nitrogen and oxygen atoms in total. The highest BCUT2D eigenvalue weighted by atomic mass is 16.7. The van der Waals surface area contributed by atoms with Crippen LogP contribution in [0.15, 0.2) is 15.1 Å². The minimum absolute atomic E-state index is 0.247. The number of amidine groups is 1. The summed E-state index contributed by atoms with van der Waals surface area (Å²) in [5.41, 5.74) is 5.38. The summed E-state index contributed by atoms with van der Waals surface area (Å²) in [7, 11) is 0. The fraction of sp³-hybridized carbons (Fsp3) is 0.400. The predicted octanol–water partition coefficient (Wildman–Crippen LogP) is -1.36. The number of rotatable bonds is 0. The van der Waals surface area contributed by atoms with Gasteiger partial charge in [-0.25, -0.2) is 10.3 Å². The Bertz CT molecular complexity index is 245. The van der Waals surface area contributed by atoms with Gasteiger partial charge in [0.25, 0.3) is 0 Å². The van der Waals surface area contributed by atoms with Crippen LogP contribution in [0.4, 0.5) is 0 Å². The van der Waals surface area contributed by atoms with Gasteiger partial charge in [-0.15, -0.1) is 0 Å². The normalized spacial score (nSPS) is 34.1. The van der Waals surface area contributed by atoms with Crippen molar-refractivity contribution in [1.82, 2.24) is 5.32 Å². The van der Waals surface area contributed by atoms with E-state index in [1.165, 1.54) is 0 Å². The second-order valence-corrected chi connectivity index (χ2v) is 2.12. The van der Waals surface area contributed by atoms with Gasteiger partial charge in [0.2, 0.25) is 12.2 Å². The van der Waals surface area contributed by atoms with Crippen LogP contribution in [0.5, 0.6) is 0 Å². The Balaban J connectivity index is 2.23. The first-order valence-corrected chi connectivity index (χ1v) is 3.17. The first-order valence-electron chi connectivity index (χ1n) is 3.17. The average molecular weight is 153 g/mol. The first kappa shape index (κ1) is 6.44. The lowest BCUT2D eigenvalue weighted by Crippen LogP contribution is -2.51. The molecule has 0 aromatic carbocycles. The zero-order chi connectivity index (χ0) is 7.68. The van der Waals surface area contributed by atoms with E-state index in [1.807, 2.05) is 0 Å². The maximum atomic E-state index is 5.38. The predicted molar refractivity (Wildman–Crippen MR) is 40.4 cm³/mol. The standard InChI is InChI=1S/C5H7N5O/c6-5-9-3-4(10-11-5)8-2-1-7-3/h1-3,5,9H,6H2. The number of nitrogens with two attached hydrogens (primary N) is 1. The molecule has 0 saturated heterocycles. The molecule has 6 heteroatoms. The van der Waals surface area contributed by atoms with Crippen LogP contribution in [0.2, 0.25) is 0 Å². The van der Waals surface area contributed by atoms with Crippen molar-refractivity contribution in [2.24, 2.45) is 20.9 Å². The smallest absolute Gasteiger partial charge is 0.233 e. The Hall–Kier alpha value is -1.27. The van der Waals surface area contributed by atoms with E-state index in [1.54, 1.807) is 12.4 Å². The number of nitrogens with zero attached hydrogens (tertiary/aromatic N) is 3. The van der Waals surface area contributed by atoms with Crippen LogP contribution in [0.1, 0.15) is 0 Å². The number of nitrogens with one attached hydrogen (secondary N) is 1. The lowest BCUT2D eigenvalue weighted by atomic mass is 10.4. The number of fused-ring (bicyclic) bond motifs is 1. The van der Waals surface area contributed by atoms with Crippen molar-refractivity contribution in [3.8, 4) is 0 Å². The molecule has 2 heterocycles. The van der Waals surface area contributed by atoms with Crippen LogP contribution in [0.3, 0.4) is 0 Å². The van der Waals surface area contributed by atoms with Crippen LogP contribution < -0.4 is 11.1 Å². The number of hydrogen-bond acceptors (Lipinski definition) is 6. The third kappa shape index (κ3) is 1.13. The van der Waals surface area contributed by atoms with E-state index < -0.39 is 6.35 Å². The van der Waals surface area contributed by atoms with Crippen molar-refractivity contribution < 1.29 is 4.84 Å². The van der Waals surface area contributed by atoms with E-state index >= 15 is 0 Å². The molecule has 0 amide bonds. The summed E-state index contributed by atoms with van der Waals surface area (Å²) in [5.74, 6) is 0.509. The molecule has 2 atom stereocenters. The summed E-state index contributed by atoms with van der Waals surface area (Å²) in [6, 6.07) is 0. The monoisotopic (exact) mass is 153 g/mol. The molecule has 0 fully saturated rings. The lowest BCUT2D eigenvalue weighted by molar-refractivity contribution is 0.0219. The molecule has 2 unspecified atom stereocenters. The van der Waals surface area contributed by atoms with Gasteiger partial charge in [0, 0.05) is 12.4 Å². The molecule has 11 heavy (non-hydrogen) atoms. The van der Waals surface area contributed by atoms with Gasteiger partial charge >= 0.3 is 0 Å². The zero-order valence-corrected chi connectivity index (χ0v) is 5.64. The van der Waals surface area contributed by atoms with Crippen molar-refractivity contribution in [2.45, 2.75) is 12.5 Å². The van der Waals surface area contributed by atoms with E-state index in [4.69, 9.17) is 10.6 Å². The number of aliphatic imine (C=N–C) groups is 2. The summed E-state index contributed by atoms with van der Waals surface area (Å²) in [4.78, 5) is 12.7. The lowest BCUT2D eigenvalue weighted by Gasteiger charge is -2.23. The van der Waals surface area contributed by atoms with Crippen molar-refractivity contribution >= 4 is 18.3 Å². The largest absolute Gasteiger partial charge is 0.358 e. The molecule has 0 aliphatic carbocycles. The molecule has 0 saturated carbocycles. The fourth-order valence-corrected chi connectivity index (χ4v) is 0.859. The molecule has 0 aromatic heterocycles. The van der Waals surface area contributed by atoms with Gasteiger partial charge < -0.3 is 4.84 Å². The summed E-state index contributed by atoms with van der Waals surface area (Å²) >= 11 is 0. The van der Waals surface area contributed by atoms with Gasteiger partial charge in [-0.3, -0.25) is 10.7 Å². The molecule has 0 aromatic rings. The van der Waals surface area contributed by atoms with Crippen molar-refractivity contribution in [3.63, 3.8) is 0 Å². The minimum atomic E-state index is -0.589.